The molecule has 0 aliphatic carbocycles. The molecule has 0 bridgehead atoms. The molecule has 0 spiro atoms. The van der Waals surface area contributed by atoms with E-state index in [1.54, 1.807) is 0 Å². The van der Waals surface area contributed by atoms with Crippen molar-refractivity contribution in [1.82, 2.24) is 9.97 Å². The Hall–Kier alpha value is -1.32. The lowest BCUT2D eigenvalue weighted by Crippen LogP contribution is -2.48. The summed E-state index contributed by atoms with van der Waals surface area (Å²) in [4.78, 5) is 7.68. The van der Waals surface area contributed by atoms with Crippen molar-refractivity contribution in [2.45, 2.75) is 24.4 Å². The molecule has 1 aromatic rings. The molecule has 0 saturated carbocycles. The molecule has 18 heavy (non-hydrogen) atoms. The van der Waals surface area contributed by atoms with Gasteiger partial charge in [-0.25, -0.2) is 4.98 Å². The van der Waals surface area contributed by atoms with Crippen LogP contribution < -0.4 is 5.32 Å². The highest BCUT2D eigenvalue weighted by Gasteiger charge is 2.29. The second-order valence-electron chi connectivity index (χ2n) is 3.77. The number of aromatic nitrogens is 2. The van der Waals surface area contributed by atoms with E-state index in [-0.39, 0.29) is 6.54 Å². The average molecular weight is 259 g/mol. The van der Waals surface area contributed by atoms with Crippen molar-refractivity contribution in [2.24, 2.45) is 0 Å². The fourth-order valence-corrected chi connectivity index (χ4v) is 1.28. The Kier molecular flexibility index (Phi) is 5.89. The van der Waals surface area contributed by atoms with Crippen LogP contribution in [-0.4, -0.2) is 73.1 Å². The highest BCUT2D eigenvalue weighted by Crippen LogP contribution is 2.06. The van der Waals surface area contributed by atoms with Crippen LogP contribution in [-0.2, 0) is 0 Å². The summed E-state index contributed by atoms with van der Waals surface area (Å²) in [5.41, 5.74) is 0. The third-order valence-electron chi connectivity index (χ3n) is 2.38. The van der Waals surface area contributed by atoms with Gasteiger partial charge in [-0.2, -0.15) is 0 Å². The van der Waals surface area contributed by atoms with Crippen LogP contribution >= 0.6 is 0 Å². The summed E-state index contributed by atoms with van der Waals surface area (Å²) >= 11 is 0. The Morgan fingerprint density at radius 1 is 1.06 bits per heavy atom. The number of nitrogens with zero attached hydrogens (tertiary/aromatic N) is 2. The molecule has 0 aromatic carbocycles. The Morgan fingerprint density at radius 2 is 1.72 bits per heavy atom. The molecule has 6 N–H and O–H groups in total. The van der Waals surface area contributed by atoms with Crippen molar-refractivity contribution >= 4 is 5.82 Å². The summed E-state index contributed by atoms with van der Waals surface area (Å²) in [5.74, 6) is 0.404. The van der Waals surface area contributed by atoms with E-state index >= 15 is 0 Å². The van der Waals surface area contributed by atoms with Crippen LogP contribution in [0.4, 0.5) is 5.82 Å². The van der Waals surface area contributed by atoms with E-state index in [0.717, 1.165) is 0 Å². The first-order valence-corrected chi connectivity index (χ1v) is 5.39. The second kappa shape index (κ2) is 7.19. The summed E-state index contributed by atoms with van der Waals surface area (Å²) < 4.78 is 0. The first-order valence-electron chi connectivity index (χ1n) is 5.39. The molecule has 0 fully saturated rings. The summed E-state index contributed by atoms with van der Waals surface area (Å²) in [6.07, 6.45) is -1.69. The first-order chi connectivity index (χ1) is 8.56. The van der Waals surface area contributed by atoms with Crippen molar-refractivity contribution in [3.63, 3.8) is 0 Å². The zero-order chi connectivity index (χ0) is 13.5. The van der Waals surface area contributed by atoms with Crippen molar-refractivity contribution in [3.8, 4) is 0 Å². The number of hydrogen-bond donors (Lipinski definition) is 6. The van der Waals surface area contributed by atoms with Gasteiger partial charge < -0.3 is 30.8 Å². The van der Waals surface area contributed by atoms with E-state index in [1.807, 2.05) is 0 Å². The fourth-order valence-electron chi connectivity index (χ4n) is 1.28. The molecule has 0 aliphatic heterocycles. The molecular weight excluding hydrogens is 242 g/mol. The van der Waals surface area contributed by atoms with E-state index in [2.05, 4.69) is 15.3 Å². The molecule has 1 heterocycles. The fraction of sp³-hybridized carbons (Fsp3) is 0.600. The van der Waals surface area contributed by atoms with Crippen LogP contribution in [0.25, 0.3) is 0 Å². The minimum Gasteiger partial charge on any atom is -0.394 e. The number of hydrogen-bond acceptors (Lipinski definition) is 8. The normalized spacial score (nSPS) is 17.8. The smallest absolute Gasteiger partial charge is 0.144 e. The van der Waals surface area contributed by atoms with Crippen molar-refractivity contribution < 1.29 is 25.5 Å². The summed E-state index contributed by atoms with van der Waals surface area (Å²) in [7, 11) is 0. The van der Waals surface area contributed by atoms with Crippen LogP contribution in [0.1, 0.15) is 0 Å². The Balaban J connectivity index is 2.42. The highest BCUT2D eigenvalue weighted by atomic mass is 16.4. The van der Waals surface area contributed by atoms with Crippen LogP contribution in [0, 0.1) is 0 Å². The van der Waals surface area contributed by atoms with Crippen molar-refractivity contribution in [2.75, 3.05) is 18.5 Å². The minimum atomic E-state index is -1.63. The van der Waals surface area contributed by atoms with Gasteiger partial charge in [-0.15, -0.1) is 0 Å². The van der Waals surface area contributed by atoms with E-state index in [1.165, 1.54) is 18.6 Å². The summed E-state index contributed by atoms with van der Waals surface area (Å²) in [5, 5.41) is 48.9. The molecule has 0 saturated heterocycles. The van der Waals surface area contributed by atoms with E-state index < -0.39 is 31.0 Å². The molecule has 8 heteroatoms. The van der Waals surface area contributed by atoms with Crippen LogP contribution in [0.3, 0.4) is 0 Å². The topological polar surface area (TPSA) is 139 Å². The molecule has 1 aromatic heterocycles. The Morgan fingerprint density at radius 3 is 2.28 bits per heavy atom. The monoisotopic (exact) mass is 259 g/mol. The molecule has 0 aliphatic rings. The number of anilines is 1. The maximum absolute atomic E-state index is 9.58. The molecule has 4 atom stereocenters. The van der Waals surface area contributed by atoms with Gasteiger partial charge in [-0.05, 0) is 0 Å². The first kappa shape index (κ1) is 14.7. The Bertz CT molecular complexity index is 340. The summed E-state index contributed by atoms with van der Waals surface area (Å²) in [6, 6.07) is 0. The molecule has 0 unspecified atom stereocenters. The SMILES string of the molecule is OC[C@@H](O)[C@H](O)[C@H](O)[C@@H](O)CNc1cnccn1. The third-order valence-corrected chi connectivity index (χ3v) is 2.38. The van der Waals surface area contributed by atoms with Gasteiger partial charge in [0.05, 0.1) is 18.9 Å². The highest BCUT2D eigenvalue weighted by molar-refractivity contribution is 5.29. The minimum absolute atomic E-state index is 0.0882. The standard InChI is InChI=1S/C10H17N3O5/c14-5-7(16)10(18)9(17)6(15)3-13-8-4-11-1-2-12-8/h1-2,4,6-7,9-10,14-18H,3,5H2,(H,12,13)/t6-,7+,9+,10-/m0/s1. The molecule has 102 valence electrons. The molecule has 8 nitrogen and oxygen atoms in total. The maximum Gasteiger partial charge on any atom is 0.144 e. The predicted molar refractivity (Wildman–Crippen MR) is 61.6 cm³/mol. The van der Waals surface area contributed by atoms with Crippen molar-refractivity contribution in [1.29, 1.82) is 0 Å². The van der Waals surface area contributed by atoms with Gasteiger partial charge in [0, 0.05) is 18.9 Å². The third kappa shape index (κ3) is 4.17. The van der Waals surface area contributed by atoms with Gasteiger partial charge in [0.2, 0.25) is 0 Å². The predicted octanol–water partition coefficient (Wildman–Crippen LogP) is -2.68. The van der Waals surface area contributed by atoms with Crippen LogP contribution in [0.15, 0.2) is 18.6 Å². The quantitative estimate of drug-likeness (QED) is 0.311. The lowest BCUT2D eigenvalue weighted by atomic mass is 10.0. The zero-order valence-electron chi connectivity index (χ0n) is 9.59. The number of rotatable bonds is 7. The zero-order valence-corrected chi connectivity index (χ0v) is 9.59. The summed E-state index contributed by atoms with van der Waals surface area (Å²) in [6.45, 7) is -0.794. The van der Waals surface area contributed by atoms with Gasteiger partial charge in [-0.3, -0.25) is 4.98 Å². The van der Waals surface area contributed by atoms with E-state index in [4.69, 9.17) is 10.2 Å². The number of nitrogens with one attached hydrogen (secondary N) is 1. The van der Waals surface area contributed by atoms with Gasteiger partial charge in [0.15, 0.2) is 0 Å². The second-order valence-corrected chi connectivity index (χ2v) is 3.77. The molecule has 0 amide bonds. The van der Waals surface area contributed by atoms with Gasteiger partial charge >= 0.3 is 0 Å². The molecule has 0 radical (unpaired) electrons. The Labute approximate surface area is 104 Å². The lowest BCUT2D eigenvalue weighted by molar-refractivity contribution is -0.111. The molecule has 1 rings (SSSR count). The molecular formula is C10H17N3O5. The number of aliphatic hydroxyl groups excluding tert-OH is 5. The van der Waals surface area contributed by atoms with E-state index in [0.29, 0.717) is 5.82 Å². The van der Waals surface area contributed by atoms with Crippen LogP contribution in [0.2, 0.25) is 0 Å². The van der Waals surface area contributed by atoms with Crippen molar-refractivity contribution in [3.05, 3.63) is 18.6 Å². The lowest BCUT2D eigenvalue weighted by Gasteiger charge is -2.25. The maximum atomic E-state index is 9.58. The van der Waals surface area contributed by atoms with E-state index in [9.17, 15) is 15.3 Å². The van der Waals surface area contributed by atoms with Crippen LogP contribution in [0.5, 0.6) is 0 Å². The number of aliphatic hydroxyl groups is 5. The largest absolute Gasteiger partial charge is 0.394 e. The van der Waals surface area contributed by atoms with Gasteiger partial charge in [0.25, 0.3) is 0 Å². The average Bonchev–Trinajstić information content (AvgIpc) is 2.43. The van der Waals surface area contributed by atoms with Gasteiger partial charge in [0.1, 0.15) is 24.1 Å². The van der Waals surface area contributed by atoms with Gasteiger partial charge in [-0.1, -0.05) is 0 Å².